The highest BCUT2D eigenvalue weighted by molar-refractivity contribution is 5.79. The molecule has 0 aliphatic rings. The van der Waals surface area contributed by atoms with E-state index in [0.717, 1.165) is 28.1 Å². The Balaban J connectivity index is 1.42. The number of imidazole rings is 1. The van der Waals surface area contributed by atoms with Crippen LogP contribution in [0, 0.1) is 0 Å². The van der Waals surface area contributed by atoms with Crippen LogP contribution in [0.15, 0.2) is 96.2 Å². The first-order valence-corrected chi connectivity index (χ1v) is 8.99. The fourth-order valence-corrected chi connectivity index (χ4v) is 2.75. The zero-order chi connectivity index (χ0) is 19.2. The van der Waals surface area contributed by atoms with Crippen LogP contribution in [-0.4, -0.2) is 15.9 Å². The second-order valence-electron chi connectivity index (χ2n) is 6.28. The lowest BCUT2D eigenvalue weighted by Gasteiger charge is -2.06. The topological polar surface area (TPSA) is 65.4 Å². The summed E-state index contributed by atoms with van der Waals surface area (Å²) in [6.07, 6.45) is 3.56. The van der Waals surface area contributed by atoms with Gasteiger partial charge in [-0.25, -0.2) is 9.66 Å². The van der Waals surface area contributed by atoms with E-state index in [0.29, 0.717) is 12.6 Å². The van der Waals surface area contributed by atoms with E-state index in [1.54, 1.807) is 10.9 Å². The molecule has 0 amide bonds. The second-order valence-corrected chi connectivity index (χ2v) is 6.28. The summed E-state index contributed by atoms with van der Waals surface area (Å²) >= 11 is 0. The van der Waals surface area contributed by atoms with Gasteiger partial charge in [-0.15, -0.1) is 0 Å². The Bertz CT molecular complexity index is 1050. The predicted octanol–water partition coefficient (Wildman–Crippen LogP) is 4.59. The largest absolute Gasteiger partial charge is 0.489 e. The van der Waals surface area contributed by atoms with E-state index in [1.165, 1.54) is 0 Å². The van der Waals surface area contributed by atoms with Gasteiger partial charge in [0, 0.05) is 5.56 Å². The van der Waals surface area contributed by atoms with Gasteiger partial charge in [0.25, 0.3) is 0 Å². The molecule has 0 aliphatic carbocycles. The van der Waals surface area contributed by atoms with Crippen LogP contribution in [0.5, 0.6) is 5.75 Å². The Kier molecular flexibility index (Phi) is 5.15. The van der Waals surface area contributed by atoms with Crippen molar-refractivity contribution in [1.29, 1.82) is 0 Å². The number of nitrogen functional groups attached to an aromatic ring is 1. The molecular weight excluding hydrogens is 348 g/mol. The number of aromatic nitrogens is 2. The monoisotopic (exact) mass is 368 g/mol. The van der Waals surface area contributed by atoms with Gasteiger partial charge in [0.1, 0.15) is 12.4 Å². The Morgan fingerprint density at radius 2 is 1.57 bits per heavy atom. The van der Waals surface area contributed by atoms with Crippen LogP contribution >= 0.6 is 0 Å². The van der Waals surface area contributed by atoms with Gasteiger partial charge >= 0.3 is 0 Å². The standard InChI is InChI=1S/C23H20N4O/c24-23-26-22(20-9-5-2-6-10-20)16-27(23)25-15-18-11-13-21(14-12-18)28-17-19-7-3-1-4-8-19/h1-16H,17H2,(H2,24,26)/b25-15+. The minimum atomic E-state index is 0.345. The number of hydrogen-bond donors (Lipinski definition) is 1. The predicted molar refractivity (Wildman–Crippen MR) is 112 cm³/mol. The normalized spacial score (nSPS) is 11.0. The average Bonchev–Trinajstić information content (AvgIpc) is 3.13. The fourth-order valence-electron chi connectivity index (χ4n) is 2.75. The van der Waals surface area contributed by atoms with Crippen molar-refractivity contribution in [3.63, 3.8) is 0 Å². The minimum absolute atomic E-state index is 0.345. The number of benzene rings is 3. The van der Waals surface area contributed by atoms with Crippen LogP contribution < -0.4 is 10.5 Å². The van der Waals surface area contributed by atoms with Gasteiger partial charge in [0.2, 0.25) is 5.95 Å². The summed E-state index contributed by atoms with van der Waals surface area (Å²) in [6.45, 7) is 0.544. The van der Waals surface area contributed by atoms with E-state index in [9.17, 15) is 0 Å². The number of nitrogens with zero attached hydrogens (tertiary/aromatic N) is 3. The maximum absolute atomic E-state index is 5.98. The van der Waals surface area contributed by atoms with Crippen molar-refractivity contribution in [2.24, 2.45) is 5.10 Å². The molecule has 1 aromatic heterocycles. The van der Waals surface area contributed by atoms with Crippen LogP contribution in [0.4, 0.5) is 5.95 Å². The highest BCUT2D eigenvalue weighted by Gasteiger charge is 2.05. The third-order valence-corrected chi connectivity index (χ3v) is 4.24. The molecule has 0 atom stereocenters. The molecule has 0 saturated carbocycles. The minimum Gasteiger partial charge on any atom is -0.489 e. The van der Waals surface area contributed by atoms with Gasteiger partial charge in [0.05, 0.1) is 18.1 Å². The van der Waals surface area contributed by atoms with Crippen LogP contribution in [0.1, 0.15) is 11.1 Å². The third-order valence-electron chi connectivity index (χ3n) is 4.24. The first-order valence-electron chi connectivity index (χ1n) is 8.99. The molecule has 0 radical (unpaired) electrons. The van der Waals surface area contributed by atoms with Crippen molar-refractivity contribution in [1.82, 2.24) is 9.66 Å². The Hall–Kier alpha value is -3.86. The third kappa shape index (κ3) is 4.27. The van der Waals surface area contributed by atoms with Crippen molar-refractivity contribution in [3.8, 4) is 17.0 Å². The van der Waals surface area contributed by atoms with Gasteiger partial charge in [-0.1, -0.05) is 60.7 Å². The van der Waals surface area contributed by atoms with Gasteiger partial charge < -0.3 is 10.5 Å². The smallest absolute Gasteiger partial charge is 0.221 e. The number of nitrogens with two attached hydrogens (primary N) is 1. The Labute approximate surface area is 163 Å². The fraction of sp³-hybridized carbons (Fsp3) is 0.0435. The van der Waals surface area contributed by atoms with Gasteiger partial charge in [0.15, 0.2) is 0 Å². The molecule has 3 aromatic carbocycles. The second kappa shape index (κ2) is 8.22. The van der Waals surface area contributed by atoms with E-state index < -0.39 is 0 Å². The zero-order valence-electron chi connectivity index (χ0n) is 15.3. The lowest BCUT2D eigenvalue weighted by Crippen LogP contribution is -1.97. The molecule has 28 heavy (non-hydrogen) atoms. The van der Waals surface area contributed by atoms with E-state index in [1.807, 2.05) is 91.1 Å². The molecule has 5 heteroatoms. The van der Waals surface area contributed by atoms with E-state index in [4.69, 9.17) is 10.5 Å². The van der Waals surface area contributed by atoms with Crippen molar-refractivity contribution in [3.05, 3.63) is 102 Å². The zero-order valence-corrected chi connectivity index (χ0v) is 15.3. The van der Waals surface area contributed by atoms with E-state index >= 15 is 0 Å². The molecule has 1 heterocycles. The highest BCUT2D eigenvalue weighted by atomic mass is 16.5. The first kappa shape index (κ1) is 17.5. The van der Waals surface area contributed by atoms with E-state index in [-0.39, 0.29) is 0 Å². The number of hydrogen-bond acceptors (Lipinski definition) is 4. The molecule has 0 spiro atoms. The molecule has 5 nitrogen and oxygen atoms in total. The van der Waals surface area contributed by atoms with E-state index in [2.05, 4.69) is 10.1 Å². The van der Waals surface area contributed by atoms with Crippen molar-refractivity contribution in [2.45, 2.75) is 6.61 Å². The summed E-state index contributed by atoms with van der Waals surface area (Å²) in [5.74, 6) is 1.16. The molecule has 4 aromatic rings. The van der Waals surface area contributed by atoms with Crippen LogP contribution in [0.3, 0.4) is 0 Å². The van der Waals surface area contributed by atoms with Gasteiger partial charge in [-0.3, -0.25) is 0 Å². The lowest BCUT2D eigenvalue weighted by molar-refractivity contribution is 0.306. The molecular formula is C23H20N4O. The Morgan fingerprint density at radius 1 is 0.893 bits per heavy atom. The van der Waals surface area contributed by atoms with Gasteiger partial charge in [-0.2, -0.15) is 5.10 Å². The maximum atomic E-state index is 5.98. The van der Waals surface area contributed by atoms with Gasteiger partial charge in [-0.05, 0) is 35.4 Å². The SMILES string of the molecule is Nc1nc(-c2ccccc2)cn1/N=C/c1ccc(OCc2ccccc2)cc1. The average molecular weight is 368 g/mol. The molecule has 0 saturated heterocycles. The summed E-state index contributed by atoms with van der Waals surface area (Å²) < 4.78 is 7.37. The lowest BCUT2D eigenvalue weighted by atomic mass is 10.2. The van der Waals surface area contributed by atoms with Crippen LogP contribution in [-0.2, 0) is 6.61 Å². The number of rotatable bonds is 6. The quantitative estimate of drug-likeness (QED) is 0.506. The molecule has 0 bridgehead atoms. The molecule has 0 fully saturated rings. The summed E-state index contributed by atoms with van der Waals surface area (Å²) in [4.78, 5) is 4.37. The summed E-state index contributed by atoms with van der Waals surface area (Å²) in [5.41, 5.74) is 9.86. The Morgan fingerprint density at radius 3 is 2.29 bits per heavy atom. The highest BCUT2D eigenvalue weighted by Crippen LogP contribution is 2.19. The molecule has 4 rings (SSSR count). The van der Waals surface area contributed by atoms with Crippen LogP contribution in [0.2, 0.25) is 0 Å². The summed E-state index contributed by atoms with van der Waals surface area (Å²) in [5, 5.41) is 4.41. The summed E-state index contributed by atoms with van der Waals surface area (Å²) in [6, 6.07) is 27.7. The van der Waals surface area contributed by atoms with Crippen molar-refractivity contribution in [2.75, 3.05) is 5.73 Å². The molecule has 0 unspecified atom stereocenters. The van der Waals surface area contributed by atoms with Crippen molar-refractivity contribution < 1.29 is 4.74 Å². The number of anilines is 1. The van der Waals surface area contributed by atoms with Crippen LogP contribution in [0.25, 0.3) is 11.3 Å². The number of ether oxygens (including phenoxy) is 1. The summed E-state index contributed by atoms with van der Waals surface area (Å²) in [7, 11) is 0. The van der Waals surface area contributed by atoms with Crippen molar-refractivity contribution >= 4 is 12.2 Å². The first-order chi connectivity index (χ1) is 13.8. The molecule has 0 aliphatic heterocycles. The maximum Gasteiger partial charge on any atom is 0.221 e. The molecule has 2 N–H and O–H groups in total. The molecule has 138 valence electrons.